The maximum Gasteiger partial charge on any atom is 0.253 e. The molecule has 1 fully saturated rings. The Morgan fingerprint density at radius 1 is 1.03 bits per heavy atom. The van der Waals surface area contributed by atoms with Gasteiger partial charge in [-0.1, -0.05) is 54.1 Å². The van der Waals surface area contributed by atoms with Gasteiger partial charge in [-0.05, 0) is 35.7 Å². The van der Waals surface area contributed by atoms with Crippen LogP contribution in [0.3, 0.4) is 0 Å². The van der Waals surface area contributed by atoms with E-state index < -0.39 is 32.1 Å². The van der Waals surface area contributed by atoms with Crippen LogP contribution in [0.4, 0.5) is 4.39 Å². The van der Waals surface area contributed by atoms with Gasteiger partial charge in [0.05, 0.1) is 10.8 Å². The van der Waals surface area contributed by atoms with Gasteiger partial charge < -0.3 is 10.0 Å². The number of carbonyl (C=O) groups excluding carboxylic acids is 1. The standard InChI is InChI=1S/C23H19ClFNO4S/c24-19-11-18(23(28)26-9-4-10-26)13-21(22(19)27)31(29,30)14-17-8-7-16(12-20(17)25)15-5-2-1-3-6-15/h1-3,5-8,11-13,27H,4,9-10,14H2. The van der Waals surface area contributed by atoms with Gasteiger partial charge >= 0.3 is 0 Å². The van der Waals surface area contributed by atoms with E-state index >= 15 is 0 Å². The summed E-state index contributed by atoms with van der Waals surface area (Å²) in [6, 6.07) is 15.8. The first-order valence-corrected chi connectivity index (χ1v) is 11.7. The fourth-order valence-corrected chi connectivity index (χ4v) is 5.18. The van der Waals surface area contributed by atoms with Gasteiger partial charge in [-0.15, -0.1) is 0 Å². The maximum atomic E-state index is 14.7. The third kappa shape index (κ3) is 4.29. The van der Waals surface area contributed by atoms with Gasteiger partial charge in [-0.25, -0.2) is 12.8 Å². The average molecular weight is 460 g/mol. The number of carbonyl (C=O) groups is 1. The lowest BCUT2D eigenvalue weighted by molar-refractivity contribution is 0.0651. The zero-order chi connectivity index (χ0) is 22.2. The molecule has 0 bridgehead atoms. The third-order valence-corrected chi connectivity index (χ3v) is 7.22. The highest BCUT2D eigenvalue weighted by atomic mass is 35.5. The Balaban J connectivity index is 1.66. The summed E-state index contributed by atoms with van der Waals surface area (Å²) in [5.41, 5.74) is 1.44. The summed E-state index contributed by atoms with van der Waals surface area (Å²) in [6.45, 7) is 1.16. The number of hydrogen-bond donors (Lipinski definition) is 1. The van der Waals surface area contributed by atoms with Crippen LogP contribution >= 0.6 is 11.6 Å². The number of likely N-dealkylation sites (tertiary alicyclic amines) is 1. The highest BCUT2D eigenvalue weighted by molar-refractivity contribution is 7.90. The van der Waals surface area contributed by atoms with E-state index in [9.17, 15) is 22.7 Å². The molecule has 1 saturated heterocycles. The molecule has 5 nitrogen and oxygen atoms in total. The second kappa shape index (κ2) is 8.32. The van der Waals surface area contributed by atoms with Crippen LogP contribution in [0.2, 0.25) is 5.02 Å². The summed E-state index contributed by atoms with van der Waals surface area (Å²) >= 11 is 6.00. The van der Waals surface area contributed by atoms with Crippen LogP contribution in [-0.2, 0) is 15.6 Å². The SMILES string of the molecule is O=C(c1cc(Cl)c(O)c(S(=O)(=O)Cc2ccc(-c3ccccc3)cc2F)c1)N1CCC1. The summed E-state index contributed by atoms with van der Waals surface area (Å²) in [5.74, 6) is -2.37. The molecule has 0 radical (unpaired) electrons. The topological polar surface area (TPSA) is 74.7 Å². The van der Waals surface area contributed by atoms with Crippen LogP contribution in [0.1, 0.15) is 22.3 Å². The minimum atomic E-state index is -4.18. The van der Waals surface area contributed by atoms with Crippen molar-refractivity contribution < 1.29 is 22.7 Å². The lowest BCUT2D eigenvalue weighted by atomic mass is 10.0. The Morgan fingerprint density at radius 2 is 1.74 bits per heavy atom. The van der Waals surface area contributed by atoms with Crippen LogP contribution in [0.15, 0.2) is 65.6 Å². The number of rotatable bonds is 5. The maximum absolute atomic E-state index is 14.7. The minimum absolute atomic E-state index is 0.0466. The molecule has 1 aliphatic rings. The molecule has 4 rings (SSSR count). The minimum Gasteiger partial charge on any atom is -0.505 e. The van der Waals surface area contributed by atoms with E-state index in [0.717, 1.165) is 18.1 Å². The summed E-state index contributed by atoms with van der Waals surface area (Å²) in [4.78, 5) is 13.6. The molecule has 0 aliphatic carbocycles. The van der Waals surface area contributed by atoms with Gasteiger partial charge in [0.25, 0.3) is 5.91 Å². The molecule has 1 N–H and O–H groups in total. The highest BCUT2D eigenvalue weighted by Gasteiger charge is 2.28. The van der Waals surface area contributed by atoms with Gasteiger partial charge in [-0.2, -0.15) is 0 Å². The van der Waals surface area contributed by atoms with Crippen molar-refractivity contribution in [1.82, 2.24) is 4.90 Å². The Hall–Kier alpha value is -2.90. The van der Waals surface area contributed by atoms with Crippen LogP contribution < -0.4 is 0 Å². The van der Waals surface area contributed by atoms with E-state index in [1.54, 1.807) is 11.0 Å². The number of nitrogens with zero attached hydrogens (tertiary/aromatic N) is 1. The molecule has 1 amide bonds. The van der Waals surface area contributed by atoms with Crippen molar-refractivity contribution in [3.05, 3.63) is 82.6 Å². The van der Waals surface area contributed by atoms with Crippen molar-refractivity contribution in [3.8, 4) is 16.9 Å². The average Bonchev–Trinajstić information content (AvgIpc) is 2.70. The van der Waals surface area contributed by atoms with Crippen molar-refractivity contribution >= 4 is 27.3 Å². The summed E-state index contributed by atoms with van der Waals surface area (Å²) in [6.07, 6.45) is 0.876. The fourth-order valence-electron chi connectivity index (χ4n) is 3.39. The molecule has 0 atom stereocenters. The molecule has 31 heavy (non-hydrogen) atoms. The van der Waals surface area contributed by atoms with Gasteiger partial charge in [0, 0.05) is 24.2 Å². The second-order valence-corrected chi connectivity index (χ2v) is 9.75. The van der Waals surface area contributed by atoms with Crippen molar-refractivity contribution in [3.63, 3.8) is 0 Å². The van der Waals surface area contributed by atoms with Crippen LogP contribution in [-0.4, -0.2) is 37.4 Å². The first kappa shape index (κ1) is 21.3. The molecule has 160 valence electrons. The Morgan fingerprint density at radius 3 is 2.35 bits per heavy atom. The molecule has 0 unspecified atom stereocenters. The second-order valence-electron chi connectivity index (χ2n) is 7.38. The molecule has 3 aromatic rings. The number of benzene rings is 3. The lowest BCUT2D eigenvalue weighted by Gasteiger charge is -2.31. The largest absolute Gasteiger partial charge is 0.505 e. The quantitative estimate of drug-likeness (QED) is 0.601. The smallest absolute Gasteiger partial charge is 0.253 e. The number of amides is 1. The third-order valence-electron chi connectivity index (χ3n) is 5.26. The monoisotopic (exact) mass is 459 g/mol. The Labute approximate surface area is 184 Å². The number of aromatic hydroxyl groups is 1. The normalized spacial score (nSPS) is 13.7. The van der Waals surface area contributed by atoms with E-state index in [1.807, 2.05) is 30.3 Å². The van der Waals surface area contributed by atoms with E-state index in [4.69, 9.17) is 11.6 Å². The highest BCUT2D eigenvalue weighted by Crippen LogP contribution is 2.35. The molecule has 1 aliphatic heterocycles. The van der Waals surface area contributed by atoms with E-state index in [2.05, 4.69) is 0 Å². The lowest BCUT2D eigenvalue weighted by Crippen LogP contribution is -2.42. The van der Waals surface area contributed by atoms with Crippen LogP contribution in [0.25, 0.3) is 11.1 Å². The van der Waals surface area contributed by atoms with E-state index in [1.165, 1.54) is 18.2 Å². The number of phenols is 1. The van der Waals surface area contributed by atoms with Crippen molar-refractivity contribution in [2.75, 3.05) is 13.1 Å². The molecule has 3 aromatic carbocycles. The Bertz CT molecular complexity index is 1260. The van der Waals surface area contributed by atoms with Gasteiger partial charge in [0.2, 0.25) is 0 Å². The van der Waals surface area contributed by atoms with E-state index in [0.29, 0.717) is 18.7 Å². The Kier molecular flexibility index (Phi) is 5.73. The number of phenolic OH excluding ortho intramolecular Hbond substituents is 1. The summed E-state index contributed by atoms with van der Waals surface area (Å²) < 4.78 is 40.7. The van der Waals surface area contributed by atoms with Gasteiger partial charge in [-0.3, -0.25) is 4.79 Å². The predicted molar refractivity (Wildman–Crippen MR) is 116 cm³/mol. The number of hydrogen-bond acceptors (Lipinski definition) is 4. The first-order valence-electron chi connectivity index (χ1n) is 9.64. The van der Waals surface area contributed by atoms with Crippen molar-refractivity contribution in [2.24, 2.45) is 0 Å². The number of sulfone groups is 1. The summed E-state index contributed by atoms with van der Waals surface area (Å²) in [7, 11) is -4.18. The zero-order valence-corrected chi connectivity index (χ0v) is 18.0. The molecule has 0 aromatic heterocycles. The summed E-state index contributed by atoms with van der Waals surface area (Å²) in [5, 5.41) is 10.0. The molecule has 0 saturated carbocycles. The van der Waals surface area contributed by atoms with E-state index in [-0.39, 0.29) is 22.1 Å². The molecule has 8 heteroatoms. The number of halogens is 2. The van der Waals surface area contributed by atoms with Crippen LogP contribution in [0, 0.1) is 5.82 Å². The van der Waals surface area contributed by atoms with Crippen molar-refractivity contribution in [2.45, 2.75) is 17.1 Å². The van der Waals surface area contributed by atoms with Crippen molar-refractivity contribution in [1.29, 1.82) is 0 Å². The first-order chi connectivity index (χ1) is 14.8. The van der Waals surface area contributed by atoms with Crippen LogP contribution in [0.5, 0.6) is 5.75 Å². The zero-order valence-electron chi connectivity index (χ0n) is 16.4. The van der Waals surface area contributed by atoms with Gasteiger partial charge in [0.1, 0.15) is 10.7 Å². The predicted octanol–water partition coefficient (Wildman–Crippen LogP) is 4.67. The molecular weight excluding hydrogens is 441 g/mol. The fraction of sp³-hybridized carbons (Fsp3) is 0.174. The molecule has 0 spiro atoms. The van der Waals surface area contributed by atoms with Gasteiger partial charge in [0.15, 0.2) is 15.6 Å². The molecule has 1 heterocycles. The molecular formula is C23H19ClFNO4S.